The van der Waals surface area contributed by atoms with Crippen LogP contribution in [0.4, 0.5) is 22.0 Å². The van der Waals surface area contributed by atoms with E-state index < -0.39 is 29.6 Å². The first-order valence-electron chi connectivity index (χ1n) is 5.32. The number of aryl methyl sites for hydroxylation is 2. The van der Waals surface area contributed by atoms with Crippen LogP contribution in [0.5, 0.6) is 0 Å². The van der Waals surface area contributed by atoms with E-state index in [-0.39, 0.29) is 16.5 Å². The molecule has 0 fully saturated rings. The fourth-order valence-corrected chi connectivity index (χ4v) is 2.27. The van der Waals surface area contributed by atoms with Gasteiger partial charge in [0.1, 0.15) is 11.6 Å². The monoisotopic (exact) mass is 279 g/mol. The molecule has 0 spiro atoms. The number of hydrogen-bond acceptors (Lipinski definition) is 1. The molecule has 7 heteroatoms. The van der Waals surface area contributed by atoms with Gasteiger partial charge >= 0.3 is 5.92 Å². The summed E-state index contributed by atoms with van der Waals surface area (Å²) in [6, 6.07) is 1.44. The van der Waals surface area contributed by atoms with Crippen LogP contribution >= 0.6 is 0 Å². The maximum Gasteiger partial charge on any atom is 0.342 e. The first-order chi connectivity index (χ1) is 8.67. The fourth-order valence-electron chi connectivity index (χ4n) is 2.27. The van der Waals surface area contributed by atoms with Crippen LogP contribution in [-0.2, 0) is 13.0 Å². The topological polar surface area (TPSA) is 25.2 Å². The average Bonchev–Trinajstić information content (AvgIpc) is 2.51. The molecule has 0 aliphatic carbocycles. The third-order valence-electron chi connectivity index (χ3n) is 3.07. The van der Waals surface area contributed by atoms with Crippen molar-refractivity contribution in [2.75, 3.05) is 0 Å². The van der Waals surface area contributed by atoms with Gasteiger partial charge in [0.2, 0.25) is 0 Å². The molecule has 1 N–H and O–H groups in total. The minimum atomic E-state index is -4.21. The minimum absolute atomic E-state index is 0.0877. The van der Waals surface area contributed by atoms with Crippen LogP contribution in [0.3, 0.4) is 0 Å². The predicted molar refractivity (Wildman–Crippen MR) is 58.6 cm³/mol. The molecule has 1 unspecified atom stereocenters. The molecule has 19 heavy (non-hydrogen) atoms. The van der Waals surface area contributed by atoms with Crippen LogP contribution in [0.1, 0.15) is 11.3 Å². The maximum absolute atomic E-state index is 13.6. The van der Waals surface area contributed by atoms with E-state index >= 15 is 0 Å². The Bertz CT molecular complexity index is 647. The first kappa shape index (κ1) is 13.8. The molecule has 2 rings (SSSR count). The van der Waals surface area contributed by atoms with Gasteiger partial charge in [0.05, 0.1) is 11.2 Å². The fraction of sp³-hybridized carbons (Fsp3) is 0.333. The summed E-state index contributed by atoms with van der Waals surface area (Å²) in [6.07, 6.45) is -3.43. The van der Waals surface area contributed by atoms with Gasteiger partial charge in [-0.1, -0.05) is 0 Å². The highest BCUT2D eigenvalue weighted by molar-refractivity contribution is 5.86. The number of aliphatic hydroxyl groups excluding tert-OH is 1. The van der Waals surface area contributed by atoms with Crippen LogP contribution in [0, 0.1) is 18.6 Å². The molecular weight excluding hydrogens is 269 g/mol. The van der Waals surface area contributed by atoms with Gasteiger partial charge in [-0.3, -0.25) is 0 Å². The number of hydrogen-bond donors (Lipinski definition) is 1. The smallest absolute Gasteiger partial charge is 0.342 e. The summed E-state index contributed by atoms with van der Waals surface area (Å²) >= 11 is 0. The zero-order valence-corrected chi connectivity index (χ0v) is 10.0. The van der Waals surface area contributed by atoms with Gasteiger partial charge in [-0.25, -0.2) is 13.2 Å². The van der Waals surface area contributed by atoms with E-state index in [4.69, 9.17) is 5.11 Å². The third-order valence-corrected chi connectivity index (χ3v) is 3.07. The van der Waals surface area contributed by atoms with Crippen molar-refractivity contribution in [1.82, 2.24) is 4.57 Å². The normalized spacial score (nSPS) is 14.1. The Morgan fingerprint density at radius 3 is 2.37 bits per heavy atom. The molecule has 2 nitrogen and oxygen atoms in total. The molecule has 0 aliphatic rings. The number of benzene rings is 1. The Labute approximate surface area is 105 Å². The zero-order chi connectivity index (χ0) is 14.5. The van der Waals surface area contributed by atoms with E-state index in [0.717, 1.165) is 17.7 Å². The number of aromatic nitrogens is 1. The Morgan fingerprint density at radius 2 is 1.84 bits per heavy atom. The van der Waals surface area contributed by atoms with Crippen molar-refractivity contribution in [3.05, 3.63) is 35.0 Å². The summed E-state index contributed by atoms with van der Waals surface area (Å²) in [7, 11) is 1.10. The molecule has 0 aliphatic heterocycles. The Kier molecular flexibility index (Phi) is 3.04. The lowest BCUT2D eigenvalue weighted by Gasteiger charge is -2.19. The molecule has 1 atom stereocenters. The molecule has 1 aromatic carbocycles. The van der Waals surface area contributed by atoms with Crippen molar-refractivity contribution in [3.8, 4) is 0 Å². The molecule has 0 amide bonds. The van der Waals surface area contributed by atoms with Crippen LogP contribution in [-0.4, -0.2) is 16.0 Å². The van der Waals surface area contributed by atoms with Gasteiger partial charge in [0.25, 0.3) is 6.36 Å². The lowest BCUT2D eigenvalue weighted by atomic mass is 10.1. The molecule has 0 saturated carbocycles. The molecule has 1 heterocycles. The Morgan fingerprint density at radius 1 is 1.26 bits per heavy atom. The van der Waals surface area contributed by atoms with E-state index in [2.05, 4.69) is 0 Å². The summed E-state index contributed by atoms with van der Waals surface area (Å²) in [5.74, 6) is -6.16. The molecule has 2 aromatic rings. The van der Waals surface area contributed by atoms with E-state index in [9.17, 15) is 22.0 Å². The van der Waals surface area contributed by atoms with Gasteiger partial charge < -0.3 is 9.67 Å². The average molecular weight is 279 g/mol. The van der Waals surface area contributed by atoms with Crippen molar-refractivity contribution in [3.63, 3.8) is 0 Å². The van der Waals surface area contributed by atoms with Crippen molar-refractivity contribution in [2.45, 2.75) is 19.2 Å². The number of halogens is 5. The van der Waals surface area contributed by atoms with Crippen molar-refractivity contribution in [2.24, 2.45) is 7.05 Å². The summed E-state index contributed by atoms with van der Waals surface area (Å²) in [6.45, 7) is 1.19. The molecule has 0 radical (unpaired) electrons. The molecule has 0 bridgehead atoms. The second kappa shape index (κ2) is 4.19. The highest BCUT2D eigenvalue weighted by Crippen LogP contribution is 2.39. The highest BCUT2D eigenvalue weighted by atomic mass is 19.3. The second-order valence-corrected chi connectivity index (χ2v) is 4.28. The molecule has 104 valence electrons. The van der Waals surface area contributed by atoms with Gasteiger partial charge in [-0.05, 0) is 18.6 Å². The number of fused-ring (bicyclic) bond motifs is 1. The first-order valence-corrected chi connectivity index (χ1v) is 5.32. The van der Waals surface area contributed by atoms with Crippen molar-refractivity contribution in [1.29, 1.82) is 0 Å². The quantitative estimate of drug-likeness (QED) is 0.839. The summed E-state index contributed by atoms with van der Waals surface area (Å²) in [4.78, 5) is 0. The zero-order valence-electron chi connectivity index (χ0n) is 10.0. The van der Waals surface area contributed by atoms with Crippen LogP contribution in [0.25, 0.3) is 10.9 Å². The van der Waals surface area contributed by atoms with E-state index in [1.165, 1.54) is 6.92 Å². The molecule has 0 saturated heterocycles. The van der Waals surface area contributed by atoms with Gasteiger partial charge in [0, 0.05) is 18.5 Å². The van der Waals surface area contributed by atoms with Crippen LogP contribution in [0.15, 0.2) is 12.1 Å². The van der Waals surface area contributed by atoms with E-state index in [0.29, 0.717) is 6.07 Å². The number of nitrogens with zero attached hydrogens (tertiary/aromatic N) is 1. The van der Waals surface area contributed by atoms with E-state index in [1.54, 1.807) is 0 Å². The largest absolute Gasteiger partial charge is 0.359 e. The molecular formula is C12H10F5NO. The van der Waals surface area contributed by atoms with Crippen LogP contribution in [0.2, 0.25) is 0 Å². The lowest BCUT2D eigenvalue weighted by molar-refractivity contribution is -0.178. The number of alkyl halides is 3. The SMILES string of the molecule is Cc1c(C(F)(F)C(O)F)n(C)c2c(F)cc(F)cc12. The van der Waals surface area contributed by atoms with Gasteiger partial charge in [-0.15, -0.1) is 0 Å². The Hall–Kier alpha value is -1.63. The lowest BCUT2D eigenvalue weighted by Crippen LogP contribution is -2.30. The third kappa shape index (κ3) is 1.88. The Balaban J connectivity index is 2.89. The van der Waals surface area contributed by atoms with Crippen molar-refractivity contribution < 1.29 is 27.1 Å². The summed E-state index contributed by atoms with van der Waals surface area (Å²) in [5, 5.41) is 8.45. The van der Waals surface area contributed by atoms with E-state index in [1.807, 2.05) is 0 Å². The molecule has 1 aromatic heterocycles. The highest BCUT2D eigenvalue weighted by Gasteiger charge is 2.45. The minimum Gasteiger partial charge on any atom is -0.359 e. The summed E-state index contributed by atoms with van der Waals surface area (Å²) < 4.78 is 67.3. The number of aliphatic hydroxyl groups is 1. The van der Waals surface area contributed by atoms with Crippen LogP contribution < -0.4 is 0 Å². The maximum atomic E-state index is 13.6. The van der Waals surface area contributed by atoms with Gasteiger partial charge in [0.15, 0.2) is 0 Å². The number of rotatable bonds is 2. The van der Waals surface area contributed by atoms with Crippen molar-refractivity contribution >= 4 is 10.9 Å². The summed E-state index contributed by atoms with van der Waals surface area (Å²) in [5.41, 5.74) is -1.34. The van der Waals surface area contributed by atoms with Gasteiger partial charge in [-0.2, -0.15) is 8.78 Å². The second-order valence-electron chi connectivity index (χ2n) is 4.28. The standard InChI is InChI=1S/C12H10F5NO/c1-5-7-3-6(13)4-8(14)9(7)18(2)10(5)12(16,17)11(15)19/h3-4,11,19H,1-2H3. The predicted octanol–water partition coefficient (Wildman–Crippen LogP) is 3.14.